The normalized spacial score (nSPS) is 17.2. The maximum Gasteiger partial charge on any atom is 0.262 e. The van der Waals surface area contributed by atoms with Crippen LogP contribution in [0.15, 0.2) is 23.8 Å². The van der Waals surface area contributed by atoms with Crippen molar-refractivity contribution in [3.8, 4) is 17.6 Å². The summed E-state index contributed by atoms with van der Waals surface area (Å²) in [5.41, 5.74) is 0.676. The molecular weight excluding hydrogens is 320 g/mol. The molecule has 1 aromatic carbocycles. The van der Waals surface area contributed by atoms with Crippen molar-refractivity contribution in [1.29, 1.82) is 5.26 Å². The number of hydrogen-bond donors (Lipinski definition) is 1. The molecule has 25 heavy (non-hydrogen) atoms. The lowest BCUT2D eigenvalue weighted by molar-refractivity contribution is -0.117. The van der Waals surface area contributed by atoms with Gasteiger partial charge >= 0.3 is 0 Å². The molecule has 2 rings (SSSR count). The van der Waals surface area contributed by atoms with E-state index in [9.17, 15) is 10.1 Å². The molecule has 0 aliphatic carbocycles. The van der Waals surface area contributed by atoms with Crippen molar-refractivity contribution < 1.29 is 19.0 Å². The van der Waals surface area contributed by atoms with Crippen LogP contribution in [0.5, 0.6) is 11.5 Å². The molecule has 1 aliphatic rings. The van der Waals surface area contributed by atoms with E-state index in [2.05, 4.69) is 5.32 Å². The van der Waals surface area contributed by atoms with Crippen molar-refractivity contribution in [3.05, 3.63) is 29.3 Å². The van der Waals surface area contributed by atoms with Gasteiger partial charge in [-0.05, 0) is 44.9 Å². The largest absolute Gasteiger partial charge is 0.497 e. The second kappa shape index (κ2) is 9.09. The molecule has 1 aromatic rings. The Kier molecular flexibility index (Phi) is 6.84. The van der Waals surface area contributed by atoms with Crippen LogP contribution in [0.3, 0.4) is 0 Å². The Labute approximate surface area is 148 Å². The van der Waals surface area contributed by atoms with Gasteiger partial charge < -0.3 is 19.5 Å². The zero-order chi connectivity index (χ0) is 18.2. The molecule has 0 radical (unpaired) electrons. The third-order valence-electron chi connectivity index (χ3n) is 3.76. The Balaban J connectivity index is 2.16. The average Bonchev–Trinajstić information content (AvgIpc) is 3.11. The maximum atomic E-state index is 12.3. The Morgan fingerprint density at radius 2 is 2.32 bits per heavy atom. The van der Waals surface area contributed by atoms with E-state index in [0.717, 1.165) is 19.4 Å². The molecular formula is C19H24N2O4. The smallest absolute Gasteiger partial charge is 0.262 e. The van der Waals surface area contributed by atoms with Gasteiger partial charge in [-0.25, -0.2) is 0 Å². The van der Waals surface area contributed by atoms with E-state index in [0.29, 0.717) is 23.6 Å². The fourth-order valence-electron chi connectivity index (χ4n) is 2.53. The summed E-state index contributed by atoms with van der Waals surface area (Å²) in [7, 11) is 1.57. The van der Waals surface area contributed by atoms with Crippen molar-refractivity contribution in [2.45, 2.75) is 38.9 Å². The van der Waals surface area contributed by atoms with Crippen LogP contribution in [0.4, 0.5) is 0 Å². The predicted molar refractivity (Wildman–Crippen MR) is 94.3 cm³/mol. The molecule has 0 saturated carbocycles. The number of nitrogens with zero attached hydrogens (tertiary/aromatic N) is 1. The quantitative estimate of drug-likeness (QED) is 0.607. The van der Waals surface area contributed by atoms with Crippen molar-refractivity contribution in [2.24, 2.45) is 0 Å². The molecule has 0 unspecified atom stereocenters. The number of methoxy groups -OCH3 is 1. The number of benzene rings is 1. The summed E-state index contributed by atoms with van der Waals surface area (Å²) in [6.45, 7) is 4.96. The van der Waals surface area contributed by atoms with Crippen LogP contribution in [0, 0.1) is 11.3 Å². The number of carbonyl (C=O) groups is 1. The molecule has 134 valence electrons. The minimum absolute atomic E-state index is 0.0248. The molecule has 1 aliphatic heterocycles. The van der Waals surface area contributed by atoms with Gasteiger partial charge in [0.15, 0.2) is 0 Å². The van der Waals surface area contributed by atoms with E-state index >= 15 is 0 Å². The molecule has 0 aromatic heterocycles. The van der Waals surface area contributed by atoms with E-state index in [1.807, 2.05) is 19.9 Å². The Bertz CT molecular complexity index is 670. The highest BCUT2D eigenvalue weighted by Gasteiger charge is 2.18. The highest BCUT2D eigenvalue weighted by Crippen LogP contribution is 2.27. The van der Waals surface area contributed by atoms with Gasteiger partial charge in [0.05, 0.1) is 19.3 Å². The Morgan fingerprint density at radius 3 is 2.92 bits per heavy atom. The highest BCUT2D eigenvalue weighted by atomic mass is 16.5. The van der Waals surface area contributed by atoms with Gasteiger partial charge in [0.25, 0.3) is 5.91 Å². The van der Waals surface area contributed by atoms with Crippen molar-refractivity contribution >= 4 is 12.0 Å². The van der Waals surface area contributed by atoms with Crippen LogP contribution in [-0.2, 0) is 9.53 Å². The zero-order valence-corrected chi connectivity index (χ0v) is 14.9. The SMILES string of the molecule is COc1ccc(/C=C(\C#N)C(=O)NC[C@H]2CCCO2)c(OC(C)C)c1. The summed E-state index contributed by atoms with van der Waals surface area (Å²) in [4.78, 5) is 12.3. The van der Waals surface area contributed by atoms with E-state index < -0.39 is 5.91 Å². The molecule has 1 fully saturated rings. The summed E-state index contributed by atoms with van der Waals surface area (Å²) in [5, 5.41) is 12.1. The molecule has 1 N–H and O–H groups in total. The fourth-order valence-corrected chi connectivity index (χ4v) is 2.53. The van der Waals surface area contributed by atoms with Crippen molar-refractivity contribution in [1.82, 2.24) is 5.32 Å². The first kappa shape index (κ1) is 18.8. The van der Waals surface area contributed by atoms with Crippen LogP contribution in [0.25, 0.3) is 6.08 Å². The molecule has 6 heteroatoms. The summed E-state index contributed by atoms with van der Waals surface area (Å²) < 4.78 is 16.4. The molecule has 1 saturated heterocycles. The molecule has 0 bridgehead atoms. The van der Waals surface area contributed by atoms with Gasteiger partial charge in [0.2, 0.25) is 0 Å². The number of ether oxygens (including phenoxy) is 3. The number of hydrogen-bond acceptors (Lipinski definition) is 5. The summed E-state index contributed by atoms with van der Waals surface area (Å²) in [5.74, 6) is 0.799. The lowest BCUT2D eigenvalue weighted by atomic mass is 10.1. The number of carbonyl (C=O) groups excluding carboxylic acids is 1. The van der Waals surface area contributed by atoms with Crippen LogP contribution in [0.1, 0.15) is 32.3 Å². The molecule has 1 heterocycles. The monoisotopic (exact) mass is 344 g/mol. The minimum Gasteiger partial charge on any atom is -0.497 e. The van der Waals surface area contributed by atoms with Crippen LogP contribution >= 0.6 is 0 Å². The minimum atomic E-state index is -0.413. The molecule has 6 nitrogen and oxygen atoms in total. The van der Waals surface area contributed by atoms with E-state index in [-0.39, 0.29) is 17.8 Å². The highest BCUT2D eigenvalue weighted by molar-refractivity contribution is 6.02. The van der Waals surface area contributed by atoms with Crippen LogP contribution < -0.4 is 14.8 Å². The third-order valence-corrected chi connectivity index (χ3v) is 3.76. The van der Waals surface area contributed by atoms with Gasteiger partial charge in [-0.3, -0.25) is 4.79 Å². The summed E-state index contributed by atoms with van der Waals surface area (Å²) >= 11 is 0. The third kappa shape index (κ3) is 5.50. The first-order valence-corrected chi connectivity index (χ1v) is 8.39. The number of rotatable bonds is 7. The average molecular weight is 344 g/mol. The van der Waals surface area contributed by atoms with Crippen LogP contribution in [-0.4, -0.2) is 38.4 Å². The van der Waals surface area contributed by atoms with E-state index in [4.69, 9.17) is 14.2 Å². The number of nitriles is 1. The topological polar surface area (TPSA) is 80.6 Å². The summed E-state index contributed by atoms with van der Waals surface area (Å²) in [6, 6.07) is 7.22. The Morgan fingerprint density at radius 1 is 1.52 bits per heavy atom. The Hall–Kier alpha value is -2.52. The fraction of sp³-hybridized carbons (Fsp3) is 0.474. The van der Waals surface area contributed by atoms with Gasteiger partial charge in [0.1, 0.15) is 23.1 Å². The predicted octanol–water partition coefficient (Wildman–Crippen LogP) is 2.68. The zero-order valence-electron chi connectivity index (χ0n) is 14.9. The molecule has 1 amide bonds. The van der Waals surface area contributed by atoms with Crippen molar-refractivity contribution in [2.75, 3.05) is 20.3 Å². The molecule has 1 atom stereocenters. The van der Waals surface area contributed by atoms with Gasteiger partial charge in [-0.15, -0.1) is 0 Å². The maximum absolute atomic E-state index is 12.3. The number of amides is 1. The second-order valence-electron chi connectivity index (χ2n) is 6.09. The van der Waals surface area contributed by atoms with Gasteiger partial charge in [0, 0.05) is 24.8 Å². The number of nitrogens with one attached hydrogen (secondary N) is 1. The lowest BCUT2D eigenvalue weighted by Gasteiger charge is -2.14. The lowest BCUT2D eigenvalue weighted by Crippen LogP contribution is -2.32. The van der Waals surface area contributed by atoms with Gasteiger partial charge in [-0.2, -0.15) is 5.26 Å². The summed E-state index contributed by atoms with van der Waals surface area (Å²) in [6.07, 6.45) is 3.45. The van der Waals surface area contributed by atoms with Crippen LogP contribution in [0.2, 0.25) is 0 Å². The standard InChI is InChI=1S/C19H24N2O4/c1-13(2)25-18-10-16(23-3)7-6-14(18)9-15(11-20)19(22)21-12-17-5-4-8-24-17/h6-7,9-10,13,17H,4-5,8,12H2,1-3H3,(H,21,22)/b15-9+/t17-/m1/s1. The van der Waals surface area contributed by atoms with E-state index in [1.54, 1.807) is 25.3 Å². The van der Waals surface area contributed by atoms with E-state index in [1.165, 1.54) is 6.08 Å². The first-order valence-electron chi connectivity index (χ1n) is 8.39. The second-order valence-corrected chi connectivity index (χ2v) is 6.09. The van der Waals surface area contributed by atoms with Gasteiger partial charge in [-0.1, -0.05) is 0 Å². The van der Waals surface area contributed by atoms with Crippen molar-refractivity contribution in [3.63, 3.8) is 0 Å². The first-order chi connectivity index (χ1) is 12.0. The molecule has 0 spiro atoms.